The van der Waals surface area contributed by atoms with E-state index in [1.54, 1.807) is 6.07 Å². The molecule has 0 unspecified atom stereocenters. The third-order valence-electron chi connectivity index (χ3n) is 2.01. The number of hydrogen-bond acceptors (Lipinski definition) is 3. The molecule has 0 fully saturated rings. The number of amides is 1. The summed E-state index contributed by atoms with van der Waals surface area (Å²) in [7, 11) is 4.52. The van der Waals surface area contributed by atoms with E-state index in [0.717, 1.165) is 0 Å². The van der Waals surface area contributed by atoms with Crippen molar-refractivity contribution in [3.63, 3.8) is 0 Å². The fourth-order valence-electron chi connectivity index (χ4n) is 1.13. The highest BCUT2D eigenvalue weighted by molar-refractivity contribution is 6.43. The number of carbonyl (C=O) groups is 2. The number of ketones is 1. The second-order valence-corrected chi connectivity index (χ2v) is 3.79. The molecule has 0 aliphatic rings. The van der Waals surface area contributed by atoms with Crippen LogP contribution in [0.5, 0.6) is 5.75 Å². The minimum absolute atomic E-state index is 0.254. The van der Waals surface area contributed by atoms with Gasteiger partial charge in [0.1, 0.15) is 5.75 Å². The minimum Gasteiger partial charge on any atom is -0.495 e. The van der Waals surface area contributed by atoms with Crippen molar-refractivity contribution in [1.29, 1.82) is 0 Å². The maximum absolute atomic E-state index is 11.6. The van der Waals surface area contributed by atoms with E-state index in [-0.39, 0.29) is 5.56 Å². The van der Waals surface area contributed by atoms with E-state index in [1.807, 2.05) is 0 Å². The third-order valence-corrected chi connectivity index (χ3v) is 2.31. The van der Waals surface area contributed by atoms with Crippen LogP contribution < -0.4 is 4.74 Å². The van der Waals surface area contributed by atoms with Gasteiger partial charge >= 0.3 is 0 Å². The standard InChI is InChI=1S/C11H12ClNO3/c1-13(2)11(15)10(14)7-4-5-9(16-3)8(12)6-7/h4-6H,1-3H3. The van der Waals surface area contributed by atoms with Gasteiger partial charge in [-0.3, -0.25) is 9.59 Å². The number of benzene rings is 1. The first kappa shape index (κ1) is 12.5. The summed E-state index contributed by atoms with van der Waals surface area (Å²) >= 11 is 5.86. The van der Waals surface area contributed by atoms with Crippen molar-refractivity contribution in [1.82, 2.24) is 4.90 Å². The number of hydrogen-bond donors (Lipinski definition) is 0. The average molecular weight is 242 g/mol. The molecule has 0 bridgehead atoms. The van der Waals surface area contributed by atoms with Crippen LogP contribution in [0.25, 0.3) is 0 Å². The summed E-state index contributed by atoms with van der Waals surface area (Å²) in [6, 6.07) is 4.48. The Morgan fingerprint density at radius 3 is 2.38 bits per heavy atom. The van der Waals surface area contributed by atoms with Crippen molar-refractivity contribution in [2.24, 2.45) is 0 Å². The minimum atomic E-state index is -0.588. The van der Waals surface area contributed by atoms with Crippen molar-refractivity contribution in [3.8, 4) is 5.75 Å². The molecule has 0 spiro atoms. The van der Waals surface area contributed by atoms with Gasteiger partial charge in [-0.05, 0) is 18.2 Å². The molecule has 0 heterocycles. The Bertz CT molecular complexity index is 429. The smallest absolute Gasteiger partial charge is 0.294 e. The fourth-order valence-corrected chi connectivity index (χ4v) is 1.39. The second kappa shape index (κ2) is 4.99. The molecule has 86 valence electrons. The van der Waals surface area contributed by atoms with Gasteiger partial charge < -0.3 is 9.64 Å². The summed E-state index contributed by atoms with van der Waals surface area (Å²) in [6.07, 6.45) is 0. The van der Waals surface area contributed by atoms with Gasteiger partial charge in [0.15, 0.2) is 0 Å². The van der Waals surface area contributed by atoms with E-state index in [9.17, 15) is 9.59 Å². The molecule has 0 aliphatic carbocycles. The number of likely N-dealkylation sites (N-methyl/N-ethyl adjacent to an activating group) is 1. The second-order valence-electron chi connectivity index (χ2n) is 3.38. The van der Waals surface area contributed by atoms with Crippen LogP contribution >= 0.6 is 11.6 Å². The molecule has 0 radical (unpaired) electrons. The molecule has 1 amide bonds. The Hall–Kier alpha value is -1.55. The van der Waals surface area contributed by atoms with Crippen LogP contribution in [0, 0.1) is 0 Å². The maximum Gasteiger partial charge on any atom is 0.294 e. The highest BCUT2D eigenvalue weighted by Crippen LogP contribution is 2.25. The molecule has 0 aliphatic heterocycles. The molecule has 4 nitrogen and oxygen atoms in total. The van der Waals surface area contributed by atoms with Gasteiger partial charge in [-0.1, -0.05) is 11.6 Å². The molecule has 1 aromatic carbocycles. The van der Waals surface area contributed by atoms with Crippen molar-refractivity contribution < 1.29 is 14.3 Å². The number of Topliss-reactive ketones (excluding diaryl/α,β-unsaturated/α-hetero) is 1. The number of carbonyl (C=O) groups excluding carboxylic acids is 2. The monoisotopic (exact) mass is 241 g/mol. The number of methoxy groups -OCH3 is 1. The van der Waals surface area contributed by atoms with Gasteiger partial charge in [0, 0.05) is 19.7 Å². The first-order valence-corrected chi connectivity index (χ1v) is 4.94. The largest absolute Gasteiger partial charge is 0.495 e. The Balaban J connectivity index is 3.02. The summed E-state index contributed by atoms with van der Waals surface area (Å²) in [4.78, 5) is 24.3. The number of rotatable bonds is 3. The van der Waals surface area contributed by atoms with Gasteiger partial charge in [0.2, 0.25) is 5.78 Å². The van der Waals surface area contributed by atoms with E-state index >= 15 is 0 Å². The topological polar surface area (TPSA) is 46.6 Å². The van der Waals surface area contributed by atoms with Crippen LogP contribution in [0.1, 0.15) is 10.4 Å². The summed E-state index contributed by atoms with van der Waals surface area (Å²) < 4.78 is 4.95. The van der Waals surface area contributed by atoms with E-state index in [2.05, 4.69) is 0 Å². The number of nitrogens with zero attached hydrogens (tertiary/aromatic N) is 1. The first-order valence-electron chi connectivity index (χ1n) is 4.57. The van der Waals surface area contributed by atoms with Crippen molar-refractivity contribution >= 4 is 23.3 Å². The van der Waals surface area contributed by atoms with Crippen molar-refractivity contribution in [2.45, 2.75) is 0 Å². The van der Waals surface area contributed by atoms with Crippen molar-refractivity contribution in [2.75, 3.05) is 21.2 Å². The molecule has 5 heteroatoms. The lowest BCUT2D eigenvalue weighted by Gasteiger charge is -2.09. The SMILES string of the molecule is COc1ccc(C(=O)C(=O)N(C)C)cc1Cl. The first-order chi connectivity index (χ1) is 7.47. The van der Waals surface area contributed by atoms with E-state index in [0.29, 0.717) is 10.8 Å². The van der Waals surface area contributed by atoms with Gasteiger partial charge in [-0.25, -0.2) is 0 Å². The Morgan fingerprint density at radius 1 is 1.31 bits per heavy atom. The lowest BCUT2D eigenvalue weighted by molar-refractivity contribution is -0.124. The number of halogens is 1. The lowest BCUT2D eigenvalue weighted by atomic mass is 10.1. The van der Waals surface area contributed by atoms with Gasteiger partial charge in [-0.15, -0.1) is 0 Å². The van der Waals surface area contributed by atoms with Crippen LogP contribution in [0.15, 0.2) is 18.2 Å². The molecule has 1 rings (SSSR count). The van der Waals surface area contributed by atoms with Gasteiger partial charge in [0.25, 0.3) is 5.91 Å². The molecular weight excluding hydrogens is 230 g/mol. The predicted molar refractivity (Wildman–Crippen MR) is 61.0 cm³/mol. The van der Waals surface area contributed by atoms with Crippen LogP contribution in [-0.4, -0.2) is 37.8 Å². The molecule has 1 aromatic rings. The Labute approximate surface area is 98.8 Å². The molecule has 0 atom stereocenters. The molecule has 0 N–H and O–H groups in total. The molecular formula is C11H12ClNO3. The summed E-state index contributed by atoms with van der Waals surface area (Å²) in [5.74, 6) is -0.702. The van der Waals surface area contributed by atoms with E-state index in [1.165, 1.54) is 38.2 Å². The van der Waals surface area contributed by atoms with Crippen LogP contribution in [0.2, 0.25) is 5.02 Å². The maximum atomic E-state index is 11.6. The molecule has 16 heavy (non-hydrogen) atoms. The highest BCUT2D eigenvalue weighted by atomic mass is 35.5. The zero-order chi connectivity index (χ0) is 12.3. The summed E-state index contributed by atoms with van der Waals surface area (Å²) in [5.41, 5.74) is 0.254. The average Bonchev–Trinajstić information content (AvgIpc) is 2.26. The fraction of sp³-hybridized carbons (Fsp3) is 0.273. The van der Waals surface area contributed by atoms with Crippen LogP contribution in [-0.2, 0) is 4.79 Å². The van der Waals surface area contributed by atoms with Crippen molar-refractivity contribution in [3.05, 3.63) is 28.8 Å². The van der Waals surface area contributed by atoms with Crippen LogP contribution in [0.4, 0.5) is 0 Å². The lowest BCUT2D eigenvalue weighted by Crippen LogP contribution is -2.29. The molecule has 0 aromatic heterocycles. The zero-order valence-corrected chi connectivity index (χ0v) is 10.0. The third kappa shape index (κ3) is 2.52. The van der Waals surface area contributed by atoms with E-state index in [4.69, 9.17) is 16.3 Å². The highest BCUT2D eigenvalue weighted by Gasteiger charge is 2.18. The molecule has 0 saturated heterocycles. The van der Waals surface area contributed by atoms with Crippen LogP contribution in [0.3, 0.4) is 0 Å². The van der Waals surface area contributed by atoms with Gasteiger partial charge in [-0.2, -0.15) is 0 Å². The van der Waals surface area contributed by atoms with E-state index < -0.39 is 11.7 Å². The zero-order valence-electron chi connectivity index (χ0n) is 9.28. The summed E-state index contributed by atoms with van der Waals surface area (Å²) in [6.45, 7) is 0. The van der Waals surface area contributed by atoms with Gasteiger partial charge in [0.05, 0.1) is 12.1 Å². The Morgan fingerprint density at radius 2 is 1.94 bits per heavy atom. The predicted octanol–water partition coefficient (Wildman–Crippen LogP) is 1.62. The Kier molecular flexibility index (Phi) is 3.90. The molecule has 0 saturated carbocycles. The normalized spacial score (nSPS) is 9.75. The number of ether oxygens (including phenoxy) is 1. The quantitative estimate of drug-likeness (QED) is 0.597. The summed E-state index contributed by atoms with van der Waals surface area (Å²) in [5, 5.41) is 0.305.